The van der Waals surface area contributed by atoms with Crippen molar-refractivity contribution in [1.29, 1.82) is 0 Å². The minimum absolute atomic E-state index is 0.226. The van der Waals surface area contributed by atoms with E-state index in [1.165, 1.54) is 231 Å². The first-order valence-corrected chi connectivity index (χ1v) is 25.2. The first-order valence-electron chi connectivity index (χ1n) is 25.2. The van der Waals surface area contributed by atoms with E-state index in [1.54, 1.807) is 0 Å². The van der Waals surface area contributed by atoms with Gasteiger partial charge in [-0.3, -0.25) is 9.59 Å². The summed E-state index contributed by atoms with van der Waals surface area (Å²) in [4.78, 5) is 24.3. The minimum atomic E-state index is 0.226. The summed E-state index contributed by atoms with van der Waals surface area (Å²) in [7, 11) is 0. The molecule has 0 bridgehead atoms. The number of carbonyl (C=O) groups excluding carboxylic acids is 2. The SMILES string of the molecule is CCCCCCCCCCCCCCCCCCCCCC(=O)NCCCCCCNC(=O)CCCCCCCCCCCCCCCCCCCCC. The van der Waals surface area contributed by atoms with Crippen LogP contribution < -0.4 is 10.6 Å². The highest BCUT2D eigenvalue weighted by molar-refractivity contribution is 5.76. The Hall–Kier alpha value is -1.06. The van der Waals surface area contributed by atoms with Gasteiger partial charge in [0, 0.05) is 25.9 Å². The van der Waals surface area contributed by atoms with Crippen molar-refractivity contribution in [3.63, 3.8) is 0 Å². The molecule has 54 heavy (non-hydrogen) atoms. The topological polar surface area (TPSA) is 58.2 Å². The van der Waals surface area contributed by atoms with Crippen LogP contribution in [-0.4, -0.2) is 24.9 Å². The molecule has 0 unspecified atom stereocenters. The predicted octanol–water partition coefficient (Wildman–Crippen LogP) is 16.4. The van der Waals surface area contributed by atoms with Gasteiger partial charge in [-0.05, 0) is 25.7 Å². The summed E-state index contributed by atoms with van der Waals surface area (Å²) >= 11 is 0. The van der Waals surface area contributed by atoms with E-state index in [4.69, 9.17) is 0 Å². The summed E-state index contributed by atoms with van der Waals surface area (Å²) < 4.78 is 0. The molecule has 0 aromatic rings. The van der Waals surface area contributed by atoms with Crippen LogP contribution in [0.2, 0.25) is 0 Å². The van der Waals surface area contributed by atoms with Gasteiger partial charge >= 0.3 is 0 Å². The van der Waals surface area contributed by atoms with Crippen LogP contribution in [0, 0.1) is 0 Å². The molecule has 0 aliphatic rings. The molecule has 0 fully saturated rings. The van der Waals surface area contributed by atoms with Crippen molar-refractivity contribution in [3.05, 3.63) is 0 Å². The average molecular weight is 761 g/mol. The molecule has 0 saturated carbocycles. The molecule has 0 aliphatic heterocycles. The Morgan fingerprint density at radius 2 is 0.407 bits per heavy atom. The molecule has 2 amide bonds. The number of nitrogens with one attached hydrogen (secondary N) is 2. The highest BCUT2D eigenvalue weighted by atomic mass is 16.2. The Morgan fingerprint density at radius 3 is 0.611 bits per heavy atom. The Balaban J connectivity index is 3.23. The minimum Gasteiger partial charge on any atom is -0.356 e. The molecule has 0 heterocycles. The van der Waals surface area contributed by atoms with Crippen LogP contribution in [0.15, 0.2) is 0 Å². The molecule has 0 saturated heterocycles. The van der Waals surface area contributed by atoms with Gasteiger partial charge in [-0.25, -0.2) is 0 Å². The Kier molecular flexibility index (Phi) is 47.1. The highest BCUT2D eigenvalue weighted by Crippen LogP contribution is 2.17. The smallest absolute Gasteiger partial charge is 0.219 e. The summed E-state index contributed by atoms with van der Waals surface area (Å²) in [6.07, 6.45) is 58.2. The lowest BCUT2D eigenvalue weighted by Crippen LogP contribution is -2.24. The largest absolute Gasteiger partial charge is 0.356 e. The number of rotatable bonds is 47. The second kappa shape index (κ2) is 48.1. The van der Waals surface area contributed by atoms with Crippen molar-refractivity contribution in [3.8, 4) is 0 Å². The van der Waals surface area contributed by atoms with Crippen molar-refractivity contribution in [1.82, 2.24) is 10.6 Å². The third-order valence-corrected chi connectivity index (χ3v) is 11.8. The van der Waals surface area contributed by atoms with Crippen molar-refractivity contribution in [2.45, 2.75) is 296 Å². The summed E-state index contributed by atoms with van der Waals surface area (Å²) in [6.45, 7) is 6.18. The van der Waals surface area contributed by atoms with Gasteiger partial charge < -0.3 is 10.6 Å². The third-order valence-electron chi connectivity index (χ3n) is 11.8. The molecule has 0 aromatic heterocycles. The van der Waals surface area contributed by atoms with Gasteiger partial charge in [0.25, 0.3) is 0 Å². The van der Waals surface area contributed by atoms with Crippen molar-refractivity contribution < 1.29 is 9.59 Å². The molecule has 0 atom stereocenters. The van der Waals surface area contributed by atoms with Gasteiger partial charge in [-0.1, -0.05) is 258 Å². The number of unbranched alkanes of at least 4 members (excludes halogenated alkanes) is 39. The summed E-state index contributed by atoms with van der Waals surface area (Å²) in [5.74, 6) is 0.452. The van der Waals surface area contributed by atoms with Crippen molar-refractivity contribution in [2.75, 3.05) is 13.1 Å². The first kappa shape index (κ1) is 52.9. The molecule has 0 rings (SSSR count). The Morgan fingerprint density at radius 1 is 0.241 bits per heavy atom. The standard InChI is InChI=1S/C50H100N2O2/c1-3-5-7-9-11-13-15-17-19-21-23-25-27-29-31-33-35-37-41-45-49(53)51-47-43-39-40-44-48-52-50(54)46-42-38-36-34-32-30-28-26-24-22-20-18-16-14-12-10-8-6-4-2/h3-48H2,1-2H3,(H,51,53)(H,52,54). The van der Waals surface area contributed by atoms with Crippen molar-refractivity contribution in [2.24, 2.45) is 0 Å². The maximum Gasteiger partial charge on any atom is 0.219 e. The number of carbonyl (C=O) groups is 2. The summed E-state index contributed by atoms with van der Waals surface area (Å²) in [5, 5.41) is 6.22. The molecule has 0 aromatic carbocycles. The lowest BCUT2D eigenvalue weighted by molar-refractivity contribution is -0.122. The summed E-state index contributed by atoms with van der Waals surface area (Å²) in [6, 6.07) is 0. The van der Waals surface area contributed by atoms with Crippen LogP contribution in [0.5, 0.6) is 0 Å². The van der Waals surface area contributed by atoms with Gasteiger partial charge in [-0.15, -0.1) is 0 Å². The van der Waals surface area contributed by atoms with Crippen LogP contribution >= 0.6 is 0 Å². The van der Waals surface area contributed by atoms with Crippen LogP contribution in [0.4, 0.5) is 0 Å². The maximum absolute atomic E-state index is 12.2. The molecule has 4 nitrogen and oxygen atoms in total. The fourth-order valence-corrected chi connectivity index (χ4v) is 7.96. The zero-order valence-corrected chi connectivity index (χ0v) is 37.3. The lowest BCUT2D eigenvalue weighted by Gasteiger charge is -2.07. The Bertz CT molecular complexity index is 665. The number of hydrogen-bond acceptors (Lipinski definition) is 2. The molecular formula is C50H100N2O2. The van der Waals surface area contributed by atoms with Crippen molar-refractivity contribution >= 4 is 11.8 Å². The fraction of sp³-hybridized carbons (Fsp3) is 0.960. The van der Waals surface area contributed by atoms with E-state index in [2.05, 4.69) is 24.5 Å². The number of amides is 2. The fourth-order valence-electron chi connectivity index (χ4n) is 7.96. The summed E-state index contributed by atoms with van der Waals surface area (Å²) in [5.41, 5.74) is 0. The molecule has 4 heteroatoms. The normalized spacial score (nSPS) is 11.4. The lowest BCUT2D eigenvalue weighted by atomic mass is 10.0. The molecule has 0 radical (unpaired) electrons. The van der Waals surface area contributed by atoms with E-state index < -0.39 is 0 Å². The van der Waals surface area contributed by atoms with E-state index in [-0.39, 0.29) is 11.8 Å². The molecule has 0 aliphatic carbocycles. The zero-order valence-electron chi connectivity index (χ0n) is 37.3. The van der Waals surface area contributed by atoms with Gasteiger partial charge in [0.2, 0.25) is 11.8 Å². The van der Waals surface area contributed by atoms with Crippen LogP contribution in [0.3, 0.4) is 0 Å². The van der Waals surface area contributed by atoms with Gasteiger partial charge in [0.1, 0.15) is 0 Å². The Labute approximate surface area is 340 Å². The number of hydrogen-bond donors (Lipinski definition) is 2. The predicted molar refractivity (Wildman–Crippen MR) is 241 cm³/mol. The van der Waals surface area contributed by atoms with Gasteiger partial charge in [0.15, 0.2) is 0 Å². The van der Waals surface area contributed by atoms with Crippen LogP contribution in [-0.2, 0) is 9.59 Å². The van der Waals surface area contributed by atoms with Crippen LogP contribution in [0.25, 0.3) is 0 Å². The maximum atomic E-state index is 12.2. The zero-order chi connectivity index (χ0) is 39.1. The molecular weight excluding hydrogens is 661 g/mol. The highest BCUT2D eigenvalue weighted by Gasteiger charge is 2.03. The van der Waals surface area contributed by atoms with E-state index in [9.17, 15) is 9.59 Å². The quantitative estimate of drug-likeness (QED) is 0.0607. The second-order valence-electron chi connectivity index (χ2n) is 17.3. The third kappa shape index (κ3) is 47.1. The van der Waals surface area contributed by atoms with E-state index in [1.807, 2.05) is 0 Å². The van der Waals surface area contributed by atoms with E-state index >= 15 is 0 Å². The van der Waals surface area contributed by atoms with Crippen LogP contribution in [0.1, 0.15) is 296 Å². The monoisotopic (exact) mass is 761 g/mol. The first-order chi connectivity index (χ1) is 26.7. The second-order valence-corrected chi connectivity index (χ2v) is 17.3. The molecule has 2 N–H and O–H groups in total. The van der Waals surface area contributed by atoms with E-state index in [0.29, 0.717) is 12.8 Å². The van der Waals surface area contributed by atoms with Gasteiger partial charge in [0.05, 0.1) is 0 Å². The van der Waals surface area contributed by atoms with Gasteiger partial charge in [-0.2, -0.15) is 0 Å². The molecule has 0 spiro atoms. The van der Waals surface area contributed by atoms with E-state index in [0.717, 1.165) is 51.6 Å². The average Bonchev–Trinajstić information content (AvgIpc) is 3.17. The molecule has 322 valence electrons.